The first kappa shape index (κ1) is 26.9. The number of anilines is 1. The Balaban J connectivity index is 0.00000361. The van der Waals surface area contributed by atoms with Crippen molar-refractivity contribution in [3.05, 3.63) is 125 Å². The van der Waals surface area contributed by atoms with E-state index in [1.54, 1.807) is 24.3 Å². The summed E-state index contributed by atoms with van der Waals surface area (Å²) in [6.45, 7) is 0. The zero-order chi connectivity index (χ0) is 24.9. The molecule has 1 aliphatic heterocycles. The molecule has 5 nitrogen and oxygen atoms in total. The SMILES string of the molecule is CN(C)c1ccccc1C1=C/C(=C2\C=CC=CC2=[N+](C)C)OC(C=Cc2ccc(C(=O)O)cc2)=C1.[I-]. The second kappa shape index (κ2) is 11.9. The fourth-order valence-corrected chi connectivity index (χ4v) is 3.99. The van der Waals surface area contributed by atoms with Crippen LogP contribution in [0.2, 0.25) is 0 Å². The number of allylic oxidation sites excluding steroid dienone is 9. The van der Waals surface area contributed by atoms with Crippen molar-refractivity contribution in [3.8, 4) is 0 Å². The van der Waals surface area contributed by atoms with Crippen LogP contribution in [0.1, 0.15) is 21.5 Å². The highest BCUT2D eigenvalue weighted by atomic mass is 127. The minimum Gasteiger partial charge on any atom is -1.00 e. The Labute approximate surface area is 229 Å². The molecule has 1 heterocycles. The quantitative estimate of drug-likeness (QED) is 0.429. The molecular formula is C30H29IN2O3. The molecule has 1 aliphatic carbocycles. The number of hydrogen-bond donors (Lipinski definition) is 1. The van der Waals surface area contributed by atoms with Gasteiger partial charge in [-0.3, -0.25) is 0 Å². The monoisotopic (exact) mass is 592 g/mol. The summed E-state index contributed by atoms with van der Waals surface area (Å²) in [4.78, 5) is 13.3. The molecule has 0 saturated heterocycles. The van der Waals surface area contributed by atoms with Gasteiger partial charge in [0.15, 0.2) is 0 Å². The van der Waals surface area contributed by atoms with E-state index in [0.29, 0.717) is 5.76 Å². The van der Waals surface area contributed by atoms with Crippen molar-refractivity contribution in [2.24, 2.45) is 0 Å². The second-order valence-electron chi connectivity index (χ2n) is 8.70. The summed E-state index contributed by atoms with van der Waals surface area (Å²) in [5.41, 5.74) is 6.49. The molecule has 184 valence electrons. The molecule has 1 N–H and O–H groups in total. The third kappa shape index (κ3) is 6.12. The summed E-state index contributed by atoms with van der Waals surface area (Å²) in [6, 6.07) is 15.1. The van der Waals surface area contributed by atoms with Crippen LogP contribution in [0.5, 0.6) is 0 Å². The molecule has 0 aromatic heterocycles. The summed E-state index contributed by atoms with van der Waals surface area (Å²) in [5.74, 6) is 0.523. The summed E-state index contributed by atoms with van der Waals surface area (Å²) < 4.78 is 8.45. The average molecular weight is 592 g/mol. The van der Waals surface area contributed by atoms with Gasteiger partial charge in [0.2, 0.25) is 5.71 Å². The van der Waals surface area contributed by atoms with Crippen molar-refractivity contribution in [1.29, 1.82) is 0 Å². The molecule has 0 saturated carbocycles. The van der Waals surface area contributed by atoms with Crippen LogP contribution in [0.25, 0.3) is 11.6 Å². The van der Waals surface area contributed by atoms with Crippen molar-refractivity contribution in [3.63, 3.8) is 0 Å². The lowest BCUT2D eigenvalue weighted by atomic mass is 9.96. The normalized spacial score (nSPS) is 16.7. The summed E-state index contributed by atoms with van der Waals surface area (Å²) in [7, 11) is 8.11. The molecule has 36 heavy (non-hydrogen) atoms. The number of rotatable bonds is 5. The van der Waals surface area contributed by atoms with Crippen LogP contribution in [0.4, 0.5) is 5.69 Å². The van der Waals surface area contributed by atoms with Crippen LogP contribution >= 0.6 is 0 Å². The minimum absolute atomic E-state index is 0. The van der Waals surface area contributed by atoms with Crippen molar-refractivity contribution < 1.29 is 43.2 Å². The van der Waals surface area contributed by atoms with E-state index >= 15 is 0 Å². The van der Waals surface area contributed by atoms with Gasteiger partial charge in [-0.25, -0.2) is 9.37 Å². The summed E-state index contributed by atoms with van der Waals surface area (Å²) >= 11 is 0. The Hall–Kier alpha value is -3.65. The van der Waals surface area contributed by atoms with Gasteiger partial charge < -0.3 is 38.7 Å². The van der Waals surface area contributed by atoms with E-state index in [0.717, 1.165) is 39.4 Å². The van der Waals surface area contributed by atoms with E-state index < -0.39 is 5.97 Å². The van der Waals surface area contributed by atoms with Crippen LogP contribution in [0, 0.1) is 0 Å². The lowest BCUT2D eigenvalue weighted by Gasteiger charge is -2.22. The molecule has 0 bridgehead atoms. The number of halogens is 1. The van der Waals surface area contributed by atoms with E-state index in [1.165, 1.54) is 0 Å². The Morgan fingerprint density at radius 3 is 2.31 bits per heavy atom. The van der Waals surface area contributed by atoms with Gasteiger partial charge in [-0.1, -0.05) is 48.6 Å². The predicted octanol–water partition coefficient (Wildman–Crippen LogP) is 2.56. The van der Waals surface area contributed by atoms with E-state index in [4.69, 9.17) is 9.84 Å². The van der Waals surface area contributed by atoms with E-state index in [2.05, 4.69) is 39.8 Å². The van der Waals surface area contributed by atoms with Gasteiger partial charge in [0.05, 0.1) is 11.1 Å². The molecule has 2 aliphatic rings. The molecule has 0 atom stereocenters. The van der Waals surface area contributed by atoms with Crippen LogP contribution in [-0.4, -0.2) is 49.6 Å². The smallest absolute Gasteiger partial charge is 0.335 e. The maximum Gasteiger partial charge on any atom is 0.335 e. The molecule has 0 unspecified atom stereocenters. The second-order valence-corrected chi connectivity index (χ2v) is 8.70. The number of nitrogens with zero attached hydrogens (tertiary/aromatic N) is 2. The van der Waals surface area contributed by atoms with Gasteiger partial charge in [0.1, 0.15) is 25.6 Å². The first-order valence-electron chi connectivity index (χ1n) is 11.4. The van der Waals surface area contributed by atoms with E-state index in [-0.39, 0.29) is 29.5 Å². The van der Waals surface area contributed by atoms with Gasteiger partial charge in [-0.2, -0.15) is 0 Å². The minimum atomic E-state index is -0.938. The summed E-state index contributed by atoms with van der Waals surface area (Å²) in [5, 5.41) is 9.14. The molecule has 0 fully saturated rings. The third-order valence-corrected chi connectivity index (χ3v) is 5.76. The number of ether oxygens (including phenoxy) is 1. The molecule has 2 aromatic rings. The van der Waals surface area contributed by atoms with Crippen LogP contribution in [0.3, 0.4) is 0 Å². The molecule has 6 heteroatoms. The van der Waals surface area contributed by atoms with Crippen LogP contribution < -0.4 is 28.9 Å². The number of carboxylic acids is 1. The van der Waals surface area contributed by atoms with Crippen LogP contribution in [0.15, 0.2) is 108 Å². The van der Waals surface area contributed by atoms with Crippen molar-refractivity contribution in [2.45, 2.75) is 0 Å². The number of carbonyl (C=O) groups is 1. The highest BCUT2D eigenvalue weighted by Crippen LogP contribution is 2.34. The number of para-hydroxylation sites is 1. The maximum absolute atomic E-state index is 11.1. The molecule has 0 radical (unpaired) electrons. The van der Waals surface area contributed by atoms with Gasteiger partial charge in [-0.15, -0.1) is 0 Å². The molecule has 0 amide bonds. The number of benzene rings is 2. The number of carboxylic acid groups (broad SMARTS) is 1. The van der Waals surface area contributed by atoms with Gasteiger partial charge in [0, 0.05) is 31.4 Å². The molecule has 2 aromatic carbocycles. The van der Waals surface area contributed by atoms with Gasteiger partial charge in [-0.05, 0) is 53.6 Å². The van der Waals surface area contributed by atoms with Crippen molar-refractivity contribution in [2.75, 3.05) is 33.1 Å². The number of aromatic carboxylic acids is 1. The van der Waals surface area contributed by atoms with E-state index in [9.17, 15) is 4.79 Å². The predicted molar refractivity (Wildman–Crippen MR) is 143 cm³/mol. The van der Waals surface area contributed by atoms with Crippen LogP contribution in [-0.2, 0) is 4.74 Å². The highest BCUT2D eigenvalue weighted by Gasteiger charge is 2.22. The first-order valence-corrected chi connectivity index (χ1v) is 11.4. The summed E-state index contributed by atoms with van der Waals surface area (Å²) in [6.07, 6.45) is 16.1. The Kier molecular flexibility index (Phi) is 8.88. The molecule has 4 rings (SSSR count). The Morgan fingerprint density at radius 1 is 0.944 bits per heavy atom. The fraction of sp³-hybridized carbons (Fsp3) is 0.133. The largest absolute Gasteiger partial charge is 1.00 e. The zero-order valence-corrected chi connectivity index (χ0v) is 22.9. The topological polar surface area (TPSA) is 52.8 Å². The van der Waals surface area contributed by atoms with Gasteiger partial charge >= 0.3 is 5.97 Å². The number of hydrogen-bond acceptors (Lipinski definition) is 3. The highest BCUT2D eigenvalue weighted by molar-refractivity contribution is 6.09. The van der Waals surface area contributed by atoms with E-state index in [1.807, 2.05) is 70.7 Å². The first-order chi connectivity index (χ1) is 16.8. The zero-order valence-electron chi connectivity index (χ0n) is 20.8. The third-order valence-electron chi connectivity index (χ3n) is 5.76. The Bertz CT molecular complexity index is 1370. The maximum atomic E-state index is 11.1. The lowest BCUT2D eigenvalue weighted by molar-refractivity contribution is -0.463. The fourth-order valence-electron chi connectivity index (χ4n) is 3.99. The molecular weight excluding hydrogens is 563 g/mol. The molecule has 0 spiro atoms. The standard InChI is InChI=1S/C30H28N2O3.HI/c1-31(2)27-11-7-5-9-25(27)23-19-24(18-15-21-13-16-22(17-14-21)30(33)34)35-29(20-23)26-10-6-8-12-28(26)32(3)4;/h5-20H,1-4H3;1H. The van der Waals surface area contributed by atoms with Gasteiger partial charge in [0.25, 0.3) is 0 Å². The lowest BCUT2D eigenvalue weighted by Crippen LogP contribution is -3.00. The van der Waals surface area contributed by atoms with Crippen molar-refractivity contribution >= 4 is 29.0 Å². The average Bonchev–Trinajstić information content (AvgIpc) is 2.87. The van der Waals surface area contributed by atoms with Crippen molar-refractivity contribution in [1.82, 2.24) is 0 Å². The Morgan fingerprint density at radius 2 is 1.64 bits per heavy atom.